The smallest absolute Gasteiger partial charge is 0.268 e. The zero-order chi connectivity index (χ0) is 18.3. The van der Waals surface area contributed by atoms with Crippen LogP contribution in [0.4, 0.5) is 0 Å². The van der Waals surface area contributed by atoms with Crippen LogP contribution >= 0.6 is 22.9 Å². The van der Waals surface area contributed by atoms with Crippen molar-refractivity contribution in [3.05, 3.63) is 39.9 Å². The summed E-state index contributed by atoms with van der Waals surface area (Å²) >= 11 is 7.43. The SMILES string of the molecule is Cc1nc(-c2ccccc2Cl)nc2sc(C(=O)N3CCOCC3)c(O)c12. The third-order valence-electron chi connectivity index (χ3n) is 4.31. The highest BCUT2D eigenvalue weighted by atomic mass is 35.5. The molecule has 0 saturated carbocycles. The number of hydrogen-bond acceptors (Lipinski definition) is 6. The Hall–Kier alpha value is -2.22. The van der Waals surface area contributed by atoms with Crippen molar-refractivity contribution in [3.63, 3.8) is 0 Å². The van der Waals surface area contributed by atoms with Crippen LogP contribution < -0.4 is 0 Å². The second-order valence-electron chi connectivity index (χ2n) is 5.98. The highest BCUT2D eigenvalue weighted by Crippen LogP contribution is 2.39. The molecular weight excluding hydrogens is 374 g/mol. The minimum absolute atomic E-state index is 0.0512. The summed E-state index contributed by atoms with van der Waals surface area (Å²) in [4.78, 5) is 24.3. The highest BCUT2D eigenvalue weighted by molar-refractivity contribution is 7.21. The van der Waals surface area contributed by atoms with E-state index in [4.69, 9.17) is 16.3 Å². The zero-order valence-electron chi connectivity index (χ0n) is 14.0. The Kier molecular flexibility index (Phi) is 4.52. The summed E-state index contributed by atoms with van der Waals surface area (Å²) < 4.78 is 5.28. The van der Waals surface area contributed by atoms with Gasteiger partial charge in [0.1, 0.15) is 9.71 Å². The van der Waals surface area contributed by atoms with Gasteiger partial charge in [0.15, 0.2) is 11.6 Å². The standard InChI is InChI=1S/C18H16ClN3O3S/c1-10-13-14(23)15(18(24)22-6-8-25-9-7-22)26-17(13)21-16(20-10)11-4-2-3-5-12(11)19/h2-5,23H,6-9H2,1H3. The molecule has 6 nitrogen and oxygen atoms in total. The van der Waals surface area contributed by atoms with E-state index >= 15 is 0 Å². The van der Waals surface area contributed by atoms with Crippen molar-refractivity contribution in [1.29, 1.82) is 0 Å². The van der Waals surface area contributed by atoms with E-state index < -0.39 is 0 Å². The average molecular weight is 390 g/mol. The monoisotopic (exact) mass is 389 g/mol. The van der Waals surface area contributed by atoms with E-state index in [0.717, 1.165) is 0 Å². The van der Waals surface area contributed by atoms with E-state index in [-0.39, 0.29) is 16.5 Å². The topological polar surface area (TPSA) is 75.6 Å². The lowest BCUT2D eigenvalue weighted by Crippen LogP contribution is -2.40. The fourth-order valence-electron chi connectivity index (χ4n) is 2.97. The van der Waals surface area contributed by atoms with E-state index in [2.05, 4.69) is 9.97 Å². The third-order valence-corrected chi connectivity index (χ3v) is 5.71. The van der Waals surface area contributed by atoms with Crippen molar-refractivity contribution >= 4 is 39.1 Å². The van der Waals surface area contributed by atoms with Crippen LogP contribution in [0.2, 0.25) is 5.02 Å². The maximum atomic E-state index is 12.8. The molecule has 1 aromatic carbocycles. The summed E-state index contributed by atoms with van der Waals surface area (Å²) in [5.74, 6) is 0.226. The van der Waals surface area contributed by atoms with Gasteiger partial charge in [-0.3, -0.25) is 4.79 Å². The molecule has 134 valence electrons. The Morgan fingerprint density at radius 3 is 2.73 bits per heavy atom. The Bertz CT molecular complexity index is 999. The van der Waals surface area contributed by atoms with Gasteiger partial charge < -0.3 is 14.7 Å². The number of carbonyl (C=O) groups excluding carboxylic acids is 1. The van der Waals surface area contributed by atoms with Gasteiger partial charge in [-0.05, 0) is 19.1 Å². The van der Waals surface area contributed by atoms with Crippen LogP contribution in [0.15, 0.2) is 24.3 Å². The van der Waals surface area contributed by atoms with Gasteiger partial charge in [-0.1, -0.05) is 23.7 Å². The second-order valence-corrected chi connectivity index (χ2v) is 7.38. The summed E-state index contributed by atoms with van der Waals surface area (Å²) in [5, 5.41) is 11.7. The molecule has 1 amide bonds. The number of amides is 1. The predicted molar refractivity (Wildman–Crippen MR) is 101 cm³/mol. The molecule has 0 aliphatic carbocycles. The molecule has 1 saturated heterocycles. The third kappa shape index (κ3) is 2.92. The number of benzene rings is 1. The fourth-order valence-corrected chi connectivity index (χ4v) is 4.28. The normalized spacial score (nSPS) is 14.8. The minimum atomic E-state index is -0.201. The summed E-state index contributed by atoms with van der Waals surface area (Å²) in [7, 11) is 0. The van der Waals surface area contributed by atoms with Crippen LogP contribution in [0.3, 0.4) is 0 Å². The molecule has 1 fully saturated rings. The number of hydrogen-bond donors (Lipinski definition) is 1. The molecule has 0 radical (unpaired) electrons. The first-order valence-corrected chi connectivity index (χ1v) is 9.37. The van der Waals surface area contributed by atoms with Crippen molar-refractivity contribution < 1.29 is 14.6 Å². The molecule has 4 rings (SSSR count). The van der Waals surface area contributed by atoms with Gasteiger partial charge in [0.25, 0.3) is 5.91 Å². The maximum absolute atomic E-state index is 12.8. The number of nitrogens with zero attached hydrogens (tertiary/aromatic N) is 3. The fraction of sp³-hybridized carbons (Fsp3) is 0.278. The number of morpholine rings is 1. The molecule has 3 aromatic rings. The highest BCUT2D eigenvalue weighted by Gasteiger charge is 2.26. The largest absolute Gasteiger partial charge is 0.505 e. The molecule has 0 spiro atoms. The van der Waals surface area contributed by atoms with Gasteiger partial charge >= 0.3 is 0 Å². The molecule has 1 N–H and O–H groups in total. The lowest BCUT2D eigenvalue weighted by molar-refractivity contribution is 0.0304. The van der Waals surface area contributed by atoms with Crippen molar-refractivity contribution in [3.8, 4) is 17.1 Å². The van der Waals surface area contributed by atoms with Gasteiger partial charge in [0.05, 0.1) is 29.3 Å². The summed E-state index contributed by atoms with van der Waals surface area (Å²) in [6, 6.07) is 7.33. The molecule has 1 aliphatic rings. The lowest BCUT2D eigenvalue weighted by atomic mass is 10.2. The van der Waals surface area contributed by atoms with Gasteiger partial charge in [0, 0.05) is 18.7 Å². The number of ether oxygens (including phenoxy) is 1. The number of fused-ring (bicyclic) bond motifs is 1. The Balaban J connectivity index is 1.80. The Morgan fingerprint density at radius 1 is 1.27 bits per heavy atom. The molecule has 0 atom stereocenters. The summed E-state index contributed by atoms with van der Waals surface area (Å²) in [6.07, 6.45) is 0. The molecule has 26 heavy (non-hydrogen) atoms. The maximum Gasteiger partial charge on any atom is 0.268 e. The zero-order valence-corrected chi connectivity index (χ0v) is 15.6. The molecule has 0 bridgehead atoms. The summed E-state index contributed by atoms with van der Waals surface area (Å²) in [6.45, 7) is 3.84. The van der Waals surface area contributed by atoms with E-state index in [1.54, 1.807) is 17.9 Å². The van der Waals surface area contributed by atoms with E-state index in [9.17, 15) is 9.90 Å². The van der Waals surface area contributed by atoms with Gasteiger partial charge in [-0.15, -0.1) is 11.3 Å². The van der Waals surface area contributed by atoms with Crippen LogP contribution in [0.5, 0.6) is 5.75 Å². The first kappa shape index (κ1) is 17.2. The lowest BCUT2D eigenvalue weighted by Gasteiger charge is -2.26. The van der Waals surface area contributed by atoms with Crippen LogP contribution in [-0.2, 0) is 4.74 Å². The number of rotatable bonds is 2. The van der Waals surface area contributed by atoms with Crippen molar-refractivity contribution in [1.82, 2.24) is 14.9 Å². The molecule has 0 unspecified atom stereocenters. The first-order valence-electron chi connectivity index (χ1n) is 8.18. The molecular formula is C18H16ClN3O3S. The molecule has 8 heteroatoms. The number of carbonyl (C=O) groups is 1. The number of thiophene rings is 1. The Labute approximate surface area is 159 Å². The second kappa shape index (κ2) is 6.83. The number of aromatic hydroxyl groups is 1. The van der Waals surface area contributed by atoms with Crippen molar-refractivity contribution in [2.75, 3.05) is 26.3 Å². The average Bonchev–Trinajstić information content (AvgIpc) is 2.99. The van der Waals surface area contributed by atoms with Gasteiger partial charge in [-0.25, -0.2) is 9.97 Å². The molecule has 3 heterocycles. The minimum Gasteiger partial charge on any atom is -0.505 e. The van der Waals surface area contributed by atoms with Gasteiger partial charge in [0.2, 0.25) is 0 Å². The first-order chi connectivity index (χ1) is 12.6. The Morgan fingerprint density at radius 2 is 2.00 bits per heavy atom. The van der Waals surface area contributed by atoms with Crippen LogP contribution in [0.1, 0.15) is 15.4 Å². The van der Waals surface area contributed by atoms with E-state index in [0.29, 0.717) is 58.6 Å². The number of halogens is 1. The van der Waals surface area contributed by atoms with Crippen LogP contribution in [-0.4, -0.2) is 52.2 Å². The molecule has 2 aromatic heterocycles. The van der Waals surface area contributed by atoms with E-state index in [1.165, 1.54) is 11.3 Å². The van der Waals surface area contributed by atoms with Crippen LogP contribution in [0, 0.1) is 6.92 Å². The number of aryl methyl sites for hydroxylation is 1. The van der Waals surface area contributed by atoms with Crippen LogP contribution in [0.25, 0.3) is 21.6 Å². The van der Waals surface area contributed by atoms with Gasteiger partial charge in [-0.2, -0.15) is 0 Å². The predicted octanol–water partition coefficient (Wildman–Crippen LogP) is 3.50. The summed E-state index contributed by atoms with van der Waals surface area (Å²) in [5.41, 5.74) is 1.33. The quantitative estimate of drug-likeness (QED) is 0.726. The van der Waals surface area contributed by atoms with E-state index in [1.807, 2.05) is 18.2 Å². The number of aromatic nitrogens is 2. The van der Waals surface area contributed by atoms with Crippen molar-refractivity contribution in [2.24, 2.45) is 0 Å². The molecule has 1 aliphatic heterocycles. The van der Waals surface area contributed by atoms with Crippen molar-refractivity contribution in [2.45, 2.75) is 6.92 Å².